The maximum Gasteiger partial charge on any atom is 0.415 e. The van der Waals surface area contributed by atoms with Crippen LogP contribution in [0, 0.1) is 0 Å². The zero-order valence-electron chi connectivity index (χ0n) is 9.88. The van der Waals surface area contributed by atoms with Crippen LogP contribution in [-0.2, 0) is 4.79 Å². The maximum atomic E-state index is 12.5. The number of hydrogen-bond donors (Lipinski definition) is 2. The molecule has 0 radical (unpaired) electrons. The van der Waals surface area contributed by atoms with Crippen molar-refractivity contribution in [2.45, 2.75) is 18.6 Å². The third kappa shape index (κ3) is 3.44. The van der Waals surface area contributed by atoms with Crippen molar-refractivity contribution in [1.82, 2.24) is 9.97 Å². The lowest BCUT2D eigenvalue weighted by Gasteiger charge is -2.25. The normalized spacial score (nSPS) is 14.7. The second-order valence-corrected chi connectivity index (χ2v) is 4.10. The van der Waals surface area contributed by atoms with Crippen LogP contribution < -0.4 is 15.8 Å². The van der Waals surface area contributed by atoms with E-state index in [4.69, 9.17) is 22.1 Å². The molecule has 0 fully saturated rings. The quantitative estimate of drug-likeness (QED) is 0.822. The minimum atomic E-state index is -4.92. The highest BCUT2D eigenvalue weighted by Crippen LogP contribution is 2.29. The molecule has 0 aliphatic rings. The first-order chi connectivity index (χ1) is 8.57. The fourth-order valence-corrected chi connectivity index (χ4v) is 1.09. The third-order valence-electron chi connectivity index (χ3n) is 2.17. The van der Waals surface area contributed by atoms with Crippen molar-refractivity contribution >= 4 is 23.5 Å². The summed E-state index contributed by atoms with van der Waals surface area (Å²) < 4.78 is 42.3. The molecule has 6 nitrogen and oxygen atoms in total. The number of nitrogens with two attached hydrogens (primary N) is 1. The first-order valence-corrected chi connectivity index (χ1v) is 5.21. The standard InChI is InChI=1S/C9H10ClF3N4O2/c1-8(14,9(11,12)13)6(18)17-7-15-4(10)3-5(16-7)19-2/h3H,14H2,1-2H3,(H,15,16,17,18). The van der Waals surface area contributed by atoms with Crippen LogP contribution in [0.2, 0.25) is 5.15 Å². The second-order valence-electron chi connectivity index (χ2n) is 3.71. The summed E-state index contributed by atoms with van der Waals surface area (Å²) in [5.74, 6) is -1.96. The molecule has 1 atom stereocenters. The number of aromatic nitrogens is 2. The van der Waals surface area contributed by atoms with E-state index in [1.54, 1.807) is 0 Å². The Labute approximate surface area is 111 Å². The Morgan fingerprint density at radius 3 is 2.53 bits per heavy atom. The number of anilines is 1. The molecule has 0 saturated carbocycles. The van der Waals surface area contributed by atoms with Crippen LogP contribution >= 0.6 is 11.6 Å². The van der Waals surface area contributed by atoms with Crippen LogP contribution in [0.3, 0.4) is 0 Å². The Morgan fingerprint density at radius 1 is 1.47 bits per heavy atom. The molecule has 3 N–H and O–H groups in total. The second kappa shape index (κ2) is 5.17. The molecule has 1 rings (SSSR count). The van der Waals surface area contributed by atoms with E-state index in [0.717, 1.165) is 0 Å². The van der Waals surface area contributed by atoms with Crippen LogP contribution in [0.4, 0.5) is 19.1 Å². The van der Waals surface area contributed by atoms with E-state index in [0.29, 0.717) is 6.92 Å². The van der Waals surface area contributed by atoms with Gasteiger partial charge in [-0.15, -0.1) is 0 Å². The lowest BCUT2D eigenvalue weighted by Crippen LogP contribution is -2.59. The Morgan fingerprint density at radius 2 is 2.05 bits per heavy atom. The first kappa shape index (κ1) is 15.4. The van der Waals surface area contributed by atoms with Gasteiger partial charge < -0.3 is 10.5 Å². The summed E-state index contributed by atoms with van der Waals surface area (Å²) in [7, 11) is 1.27. The van der Waals surface area contributed by atoms with Crippen molar-refractivity contribution < 1.29 is 22.7 Å². The molecule has 1 aromatic rings. The number of hydrogen-bond acceptors (Lipinski definition) is 5. The van der Waals surface area contributed by atoms with Gasteiger partial charge in [-0.3, -0.25) is 10.1 Å². The third-order valence-corrected chi connectivity index (χ3v) is 2.36. The lowest BCUT2D eigenvalue weighted by molar-refractivity contribution is -0.184. The highest BCUT2D eigenvalue weighted by molar-refractivity contribution is 6.29. The van der Waals surface area contributed by atoms with Gasteiger partial charge >= 0.3 is 6.18 Å². The van der Waals surface area contributed by atoms with Crippen molar-refractivity contribution in [3.63, 3.8) is 0 Å². The minimum absolute atomic E-state index is 0.0129. The molecule has 106 valence electrons. The molecule has 0 bridgehead atoms. The van der Waals surface area contributed by atoms with E-state index in [2.05, 4.69) is 9.97 Å². The summed E-state index contributed by atoms with van der Waals surface area (Å²) in [5, 5.41) is 1.73. The molecular weight excluding hydrogens is 289 g/mol. The smallest absolute Gasteiger partial charge is 0.415 e. The fraction of sp³-hybridized carbons (Fsp3) is 0.444. The Balaban J connectivity index is 2.97. The molecule has 1 aromatic heterocycles. The van der Waals surface area contributed by atoms with Gasteiger partial charge in [-0.2, -0.15) is 18.2 Å². The van der Waals surface area contributed by atoms with Gasteiger partial charge in [-0.1, -0.05) is 11.6 Å². The van der Waals surface area contributed by atoms with Gasteiger partial charge in [0.2, 0.25) is 11.8 Å². The zero-order valence-corrected chi connectivity index (χ0v) is 10.6. The molecule has 0 aromatic carbocycles. The van der Waals surface area contributed by atoms with E-state index in [9.17, 15) is 18.0 Å². The number of carbonyl (C=O) groups is 1. The van der Waals surface area contributed by atoms with Crippen LogP contribution in [0.15, 0.2) is 6.07 Å². The number of methoxy groups -OCH3 is 1. The van der Waals surface area contributed by atoms with E-state index < -0.39 is 23.6 Å². The molecule has 1 unspecified atom stereocenters. The van der Waals surface area contributed by atoms with Crippen LogP contribution in [0.1, 0.15) is 6.92 Å². The van der Waals surface area contributed by atoms with Crippen molar-refractivity contribution in [1.29, 1.82) is 0 Å². The summed E-state index contributed by atoms with van der Waals surface area (Å²) in [6.07, 6.45) is -4.92. The average Bonchev–Trinajstić information content (AvgIpc) is 2.26. The molecule has 0 aliphatic carbocycles. The topological polar surface area (TPSA) is 90.1 Å². The van der Waals surface area contributed by atoms with Gasteiger partial charge in [0.1, 0.15) is 5.15 Å². The van der Waals surface area contributed by atoms with Crippen LogP contribution in [0.25, 0.3) is 0 Å². The average molecular weight is 299 g/mol. The lowest BCUT2D eigenvalue weighted by atomic mass is 10.0. The minimum Gasteiger partial charge on any atom is -0.481 e. The van der Waals surface area contributed by atoms with E-state index in [1.807, 2.05) is 5.32 Å². The summed E-state index contributed by atoms with van der Waals surface area (Å²) in [6, 6.07) is 1.22. The molecule has 10 heteroatoms. The highest BCUT2D eigenvalue weighted by Gasteiger charge is 2.54. The van der Waals surface area contributed by atoms with Gasteiger partial charge in [0.25, 0.3) is 5.91 Å². The van der Waals surface area contributed by atoms with Crippen molar-refractivity contribution in [2.75, 3.05) is 12.4 Å². The van der Waals surface area contributed by atoms with Crippen LogP contribution in [-0.4, -0.2) is 34.7 Å². The van der Waals surface area contributed by atoms with E-state index >= 15 is 0 Å². The van der Waals surface area contributed by atoms with Crippen LogP contribution in [0.5, 0.6) is 5.88 Å². The number of ether oxygens (including phenoxy) is 1. The number of nitrogens with one attached hydrogen (secondary N) is 1. The number of nitrogens with zero attached hydrogens (tertiary/aromatic N) is 2. The van der Waals surface area contributed by atoms with Crippen molar-refractivity contribution in [2.24, 2.45) is 5.73 Å². The molecule has 0 saturated heterocycles. The Hall–Kier alpha value is -1.61. The summed E-state index contributed by atoms with van der Waals surface area (Å²) >= 11 is 5.58. The highest BCUT2D eigenvalue weighted by atomic mass is 35.5. The van der Waals surface area contributed by atoms with E-state index in [1.165, 1.54) is 13.2 Å². The first-order valence-electron chi connectivity index (χ1n) is 4.83. The van der Waals surface area contributed by atoms with Gasteiger partial charge in [-0.25, -0.2) is 4.98 Å². The largest absolute Gasteiger partial charge is 0.481 e. The summed E-state index contributed by atoms with van der Waals surface area (Å²) in [4.78, 5) is 18.6. The van der Waals surface area contributed by atoms with Gasteiger partial charge in [0.15, 0.2) is 5.54 Å². The number of halogens is 4. The fourth-order valence-electron chi connectivity index (χ4n) is 0.918. The van der Waals surface area contributed by atoms with Gasteiger partial charge in [0.05, 0.1) is 7.11 Å². The maximum absolute atomic E-state index is 12.5. The molecular formula is C9H10ClF3N4O2. The molecule has 0 spiro atoms. The Kier molecular flexibility index (Phi) is 4.21. The summed E-state index contributed by atoms with van der Waals surface area (Å²) in [5.41, 5.74) is 1.86. The molecule has 0 aliphatic heterocycles. The zero-order chi connectivity index (χ0) is 14.8. The number of carbonyl (C=O) groups excluding carboxylic acids is 1. The number of amides is 1. The van der Waals surface area contributed by atoms with Crippen molar-refractivity contribution in [3.05, 3.63) is 11.2 Å². The number of alkyl halides is 3. The van der Waals surface area contributed by atoms with Gasteiger partial charge in [0, 0.05) is 6.07 Å². The van der Waals surface area contributed by atoms with E-state index in [-0.39, 0.29) is 11.0 Å². The summed E-state index contributed by atoms with van der Waals surface area (Å²) in [6.45, 7) is 0.532. The predicted molar refractivity (Wildman–Crippen MR) is 60.9 cm³/mol. The van der Waals surface area contributed by atoms with Gasteiger partial charge in [-0.05, 0) is 6.92 Å². The molecule has 19 heavy (non-hydrogen) atoms. The SMILES string of the molecule is COc1cc(Cl)nc(NC(=O)C(C)(N)C(F)(F)F)n1. The molecule has 1 amide bonds. The monoisotopic (exact) mass is 298 g/mol. The molecule has 1 heterocycles. The number of rotatable bonds is 3. The predicted octanol–water partition coefficient (Wildman–Crippen LogP) is 1.36. The Bertz CT molecular complexity index is 493. The van der Waals surface area contributed by atoms with Crippen molar-refractivity contribution in [3.8, 4) is 5.88 Å².